The van der Waals surface area contributed by atoms with E-state index in [1.807, 2.05) is 6.07 Å². The lowest BCUT2D eigenvalue weighted by atomic mass is 10.1. The van der Waals surface area contributed by atoms with Crippen LogP contribution in [0.1, 0.15) is 36.0 Å². The SMILES string of the molecule is NC(=O)c1ccc(N2CCCCC2)c(NC(=O)C2CC2(Cl)Cl)c1. The highest BCUT2D eigenvalue weighted by Gasteiger charge is 2.56. The molecule has 0 bridgehead atoms. The third kappa shape index (κ3) is 3.56. The van der Waals surface area contributed by atoms with E-state index in [-0.39, 0.29) is 5.91 Å². The number of piperidine rings is 1. The number of hydrogen-bond acceptors (Lipinski definition) is 3. The second-order valence-corrected chi connectivity index (χ2v) is 7.69. The minimum atomic E-state index is -0.976. The van der Waals surface area contributed by atoms with Gasteiger partial charge in [0.15, 0.2) is 0 Å². The molecule has 1 aromatic rings. The Bertz CT molecular complexity index is 642. The second-order valence-electron chi connectivity index (χ2n) is 6.15. The lowest BCUT2D eigenvalue weighted by molar-refractivity contribution is -0.117. The van der Waals surface area contributed by atoms with Crippen LogP contribution in [0.25, 0.3) is 0 Å². The van der Waals surface area contributed by atoms with E-state index in [0.717, 1.165) is 31.6 Å². The molecule has 23 heavy (non-hydrogen) atoms. The van der Waals surface area contributed by atoms with Crippen LogP contribution in [-0.2, 0) is 4.79 Å². The van der Waals surface area contributed by atoms with Crippen LogP contribution >= 0.6 is 23.2 Å². The normalized spacial score (nSPS) is 22.5. The summed E-state index contributed by atoms with van der Waals surface area (Å²) in [5, 5.41) is 2.86. The number of benzene rings is 1. The fourth-order valence-electron chi connectivity index (χ4n) is 2.92. The predicted molar refractivity (Wildman–Crippen MR) is 92.2 cm³/mol. The Morgan fingerprint density at radius 1 is 1.22 bits per heavy atom. The van der Waals surface area contributed by atoms with Crippen LogP contribution in [0.5, 0.6) is 0 Å². The Balaban J connectivity index is 1.86. The minimum Gasteiger partial charge on any atom is -0.370 e. The lowest BCUT2D eigenvalue weighted by Gasteiger charge is -2.30. The lowest BCUT2D eigenvalue weighted by Crippen LogP contribution is -2.31. The number of nitrogens with two attached hydrogens (primary N) is 1. The minimum absolute atomic E-state index is 0.227. The van der Waals surface area contributed by atoms with Gasteiger partial charge in [-0.25, -0.2) is 0 Å². The molecule has 2 aliphatic rings. The average molecular weight is 356 g/mol. The first-order valence-corrected chi connectivity index (χ1v) is 8.51. The molecule has 0 spiro atoms. The summed E-state index contributed by atoms with van der Waals surface area (Å²) in [5.74, 6) is -1.17. The molecule has 1 unspecified atom stereocenters. The standard InChI is InChI=1S/C16H19Cl2N3O2/c17-16(18)9-11(16)15(23)20-12-8-10(14(19)22)4-5-13(12)21-6-2-1-3-7-21/h4-5,8,11H,1-3,6-7,9H2,(H2,19,22)(H,20,23). The maximum Gasteiger partial charge on any atom is 0.248 e. The van der Waals surface area contributed by atoms with E-state index in [2.05, 4.69) is 10.2 Å². The van der Waals surface area contributed by atoms with Crippen LogP contribution in [-0.4, -0.2) is 29.2 Å². The van der Waals surface area contributed by atoms with Crippen molar-refractivity contribution in [2.45, 2.75) is 30.0 Å². The molecule has 1 saturated carbocycles. The van der Waals surface area contributed by atoms with E-state index in [9.17, 15) is 9.59 Å². The Kier molecular flexibility index (Phi) is 4.43. The van der Waals surface area contributed by atoms with Crippen molar-refractivity contribution in [2.75, 3.05) is 23.3 Å². The zero-order valence-corrected chi connectivity index (χ0v) is 14.2. The van der Waals surface area contributed by atoms with E-state index in [0.29, 0.717) is 17.7 Å². The monoisotopic (exact) mass is 355 g/mol. The zero-order chi connectivity index (χ0) is 16.6. The fraction of sp³-hybridized carbons (Fsp3) is 0.500. The number of anilines is 2. The third-order valence-electron chi connectivity index (χ3n) is 4.38. The van der Waals surface area contributed by atoms with Crippen LogP contribution in [0, 0.1) is 5.92 Å². The van der Waals surface area contributed by atoms with Gasteiger partial charge in [-0.05, 0) is 43.9 Å². The maximum atomic E-state index is 12.3. The Hall–Kier alpha value is -1.46. The summed E-state index contributed by atoms with van der Waals surface area (Å²) in [6.07, 6.45) is 3.87. The van der Waals surface area contributed by atoms with Gasteiger partial charge in [0.05, 0.1) is 17.3 Å². The summed E-state index contributed by atoms with van der Waals surface area (Å²) >= 11 is 11.9. The number of carbonyl (C=O) groups is 2. The van der Waals surface area contributed by atoms with Gasteiger partial charge in [-0.3, -0.25) is 9.59 Å². The molecule has 1 heterocycles. The number of halogens is 2. The quantitative estimate of drug-likeness (QED) is 0.815. The van der Waals surface area contributed by atoms with E-state index >= 15 is 0 Å². The highest BCUT2D eigenvalue weighted by molar-refractivity contribution is 6.52. The van der Waals surface area contributed by atoms with Gasteiger partial charge in [0.1, 0.15) is 4.33 Å². The number of nitrogens with one attached hydrogen (secondary N) is 1. The van der Waals surface area contributed by atoms with Crippen molar-refractivity contribution >= 4 is 46.4 Å². The molecule has 124 valence electrons. The van der Waals surface area contributed by atoms with E-state index in [1.165, 1.54) is 6.42 Å². The van der Waals surface area contributed by atoms with Gasteiger partial charge in [0, 0.05) is 18.7 Å². The highest BCUT2D eigenvalue weighted by atomic mass is 35.5. The summed E-state index contributed by atoms with van der Waals surface area (Å²) in [4.78, 5) is 25.9. The van der Waals surface area contributed by atoms with Gasteiger partial charge in [0.25, 0.3) is 0 Å². The molecule has 1 aromatic carbocycles. The van der Waals surface area contributed by atoms with Gasteiger partial charge < -0.3 is 16.0 Å². The Labute approximate surface area is 145 Å². The van der Waals surface area contributed by atoms with Crippen molar-refractivity contribution in [3.63, 3.8) is 0 Å². The molecule has 1 aliphatic carbocycles. The molecule has 1 saturated heterocycles. The van der Waals surface area contributed by atoms with Gasteiger partial charge in [-0.2, -0.15) is 0 Å². The molecular formula is C16H19Cl2N3O2. The molecule has 1 atom stereocenters. The molecule has 5 nitrogen and oxygen atoms in total. The topological polar surface area (TPSA) is 75.4 Å². The molecular weight excluding hydrogens is 337 g/mol. The largest absolute Gasteiger partial charge is 0.370 e. The molecule has 0 aromatic heterocycles. The molecule has 0 radical (unpaired) electrons. The number of amides is 2. The van der Waals surface area contributed by atoms with Crippen molar-refractivity contribution in [3.05, 3.63) is 23.8 Å². The first kappa shape index (κ1) is 16.4. The van der Waals surface area contributed by atoms with Crippen molar-refractivity contribution in [3.8, 4) is 0 Å². The van der Waals surface area contributed by atoms with Gasteiger partial charge >= 0.3 is 0 Å². The molecule has 3 rings (SSSR count). The second kappa shape index (κ2) is 6.21. The first-order chi connectivity index (χ1) is 10.9. The van der Waals surface area contributed by atoms with Crippen molar-refractivity contribution in [1.82, 2.24) is 0 Å². The van der Waals surface area contributed by atoms with Crippen molar-refractivity contribution < 1.29 is 9.59 Å². The summed E-state index contributed by atoms with van der Waals surface area (Å²) in [5.41, 5.74) is 7.20. The van der Waals surface area contributed by atoms with Gasteiger partial charge in [-0.15, -0.1) is 23.2 Å². The number of primary amides is 1. The van der Waals surface area contributed by atoms with Gasteiger partial charge in [0.2, 0.25) is 11.8 Å². The van der Waals surface area contributed by atoms with E-state index < -0.39 is 16.2 Å². The average Bonchev–Trinajstić information content (AvgIpc) is 3.17. The van der Waals surface area contributed by atoms with Crippen LogP contribution < -0.4 is 16.0 Å². The van der Waals surface area contributed by atoms with Crippen LogP contribution in [0.4, 0.5) is 11.4 Å². The van der Waals surface area contributed by atoms with Crippen LogP contribution in [0.15, 0.2) is 18.2 Å². The summed E-state index contributed by atoms with van der Waals surface area (Å²) in [6, 6.07) is 5.14. The van der Waals surface area contributed by atoms with Gasteiger partial charge in [-0.1, -0.05) is 0 Å². The number of carbonyl (C=O) groups excluding carboxylic acids is 2. The maximum absolute atomic E-state index is 12.3. The van der Waals surface area contributed by atoms with Crippen molar-refractivity contribution in [2.24, 2.45) is 11.7 Å². The van der Waals surface area contributed by atoms with E-state index in [1.54, 1.807) is 12.1 Å². The summed E-state index contributed by atoms with van der Waals surface area (Å²) < 4.78 is -0.976. The smallest absolute Gasteiger partial charge is 0.248 e. The Morgan fingerprint density at radius 2 is 1.87 bits per heavy atom. The number of alkyl halides is 2. The number of nitrogens with zero attached hydrogens (tertiary/aromatic N) is 1. The number of rotatable bonds is 4. The zero-order valence-electron chi connectivity index (χ0n) is 12.6. The van der Waals surface area contributed by atoms with E-state index in [4.69, 9.17) is 28.9 Å². The molecule has 7 heteroatoms. The molecule has 2 fully saturated rings. The van der Waals surface area contributed by atoms with Crippen LogP contribution in [0.3, 0.4) is 0 Å². The van der Waals surface area contributed by atoms with Crippen LogP contribution in [0.2, 0.25) is 0 Å². The first-order valence-electron chi connectivity index (χ1n) is 7.76. The Morgan fingerprint density at radius 3 is 2.43 bits per heavy atom. The third-order valence-corrected chi connectivity index (χ3v) is 5.21. The summed E-state index contributed by atoms with van der Waals surface area (Å²) in [6.45, 7) is 1.86. The highest BCUT2D eigenvalue weighted by Crippen LogP contribution is 2.53. The molecule has 3 N–H and O–H groups in total. The summed E-state index contributed by atoms with van der Waals surface area (Å²) in [7, 11) is 0. The predicted octanol–water partition coefficient (Wildman–Crippen LogP) is 2.91. The fourth-order valence-corrected chi connectivity index (χ4v) is 3.42. The number of hydrogen-bond donors (Lipinski definition) is 2. The molecule has 2 amide bonds. The molecule has 1 aliphatic heterocycles. The van der Waals surface area contributed by atoms with Crippen molar-refractivity contribution in [1.29, 1.82) is 0 Å².